The quantitative estimate of drug-likeness (QED) is 0.202. The maximum Gasteiger partial charge on any atom is 0.328 e. The molecule has 33 heavy (non-hydrogen) atoms. The fourth-order valence-electron chi connectivity index (χ4n) is 3.78. The molecule has 8 nitrogen and oxygen atoms in total. The van der Waals surface area contributed by atoms with Crippen LogP contribution < -0.4 is 5.32 Å². The second-order valence-corrected chi connectivity index (χ2v) is 9.62. The number of methoxy groups -OCH3 is 2. The molecule has 0 unspecified atom stereocenters. The largest absolute Gasteiger partial charge is 0.468 e. The van der Waals surface area contributed by atoms with Crippen LogP contribution in [0.5, 0.6) is 0 Å². The van der Waals surface area contributed by atoms with E-state index in [-0.39, 0.29) is 51.9 Å². The minimum atomic E-state index is -0.479. The standard InChI is InChI=1S/C11H16BrNO3.C9H15NO2.C2H2Br2O/c1-4-8-7(2)5-9(11(15)16-3)13(8)10(14)6-12;1-4-7-6(2)5-8(10-7)9(11)12-3;3-1-2(4)5/h4,7-9H,1,5-6H2,2-3H3;4,6-8,10H,1,5H2,2-3H3;1H2/t7-,8-,9+;6-,7-,8+;/m11./s1. The van der Waals surface area contributed by atoms with Crippen LogP contribution >= 0.6 is 47.8 Å². The van der Waals surface area contributed by atoms with Crippen LogP contribution in [-0.4, -0.2) is 76.5 Å². The highest BCUT2D eigenvalue weighted by Crippen LogP contribution is 2.31. The highest BCUT2D eigenvalue weighted by molar-refractivity contribution is 9.19. The highest BCUT2D eigenvalue weighted by Gasteiger charge is 2.43. The minimum Gasteiger partial charge on any atom is -0.468 e. The van der Waals surface area contributed by atoms with E-state index in [0.29, 0.717) is 17.7 Å². The van der Waals surface area contributed by atoms with Gasteiger partial charge in [0.25, 0.3) is 0 Å². The zero-order valence-electron chi connectivity index (χ0n) is 19.4. The van der Waals surface area contributed by atoms with Gasteiger partial charge in [-0.3, -0.25) is 19.7 Å². The summed E-state index contributed by atoms with van der Waals surface area (Å²) in [5.74, 6) is 0.0533. The van der Waals surface area contributed by atoms with Crippen molar-refractivity contribution in [1.82, 2.24) is 10.2 Å². The first-order chi connectivity index (χ1) is 15.5. The molecule has 0 aliphatic carbocycles. The lowest BCUT2D eigenvalue weighted by Gasteiger charge is -2.27. The number of carbonyl (C=O) groups excluding carboxylic acids is 4. The van der Waals surface area contributed by atoms with E-state index in [1.807, 2.05) is 13.0 Å². The average Bonchev–Trinajstić information content (AvgIpc) is 3.37. The molecule has 0 aromatic heterocycles. The molecule has 1 N–H and O–H groups in total. The average molecular weight is 661 g/mol. The Bertz CT molecular complexity index is 706. The van der Waals surface area contributed by atoms with Crippen LogP contribution in [0, 0.1) is 11.8 Å². The van der Waals surface area contributed by atoms with Crippen molar-refractivity contribution in [1.29, 1.82) is 0 Å². The normalized spacial score (nSPS) is 27.8. The summed E-state index contributed by atoms with van der Waals surface area (Å²) < 4.78 is 9.34. The van der Waals surface area contributed by atoms with Crippen LogP contribution in [0.25, 0.3) is 0 Å². The third kappa shape index (κ3) is 10.00. The Morgan fingerprint density at radius 1 is 0.970 bits per heavy atom. The first-order valence-corrected chi connectivity index (χ1v) is 13.3. The van der Waals surface area contributed by atoms with E-state index >= 15 is 0 Å². The van der Waals surface area contributed by atoms with Gasteiger partial charge in [0.15, 0.2) is 0 Å². The smallest absolute Gasteiger partial charge is 0.328 e. The monoisotopic (exact) mass is 658 g/mol. The maximum absolute atomic E-state index is 11.8. The van der Waals surface area contributed by atoms with E-state index < -0.39 is 6.04 Å². The number of likely N-dealkylation sites (tertiary alicyclic amines) is 1. The SMILES string of the molecule is C=C[C@@H]1[C@H](C)C[C@@H](C(=O)OC)N1C(=O)CBr.C=C[C@H]1N[C@H](C(=O)OC)C[C@H]1C.O=C(Br)CBr. The molecular formula is C22H33Br3N2O6. The number of nitrogens with one attached hydrogen (secondary N) is 1. The lowest BCUT2D eigenvalue weighted by Crippen LogP contribution is -2.45. The van der Waals surface area contributed by atoms with Crippen LogP contribution in [-0.2, 0) is 28.7 Å². The van der Waals surface area contributed by atoms with Crippen molar-refractivity contribution in [2.24, 2.45) is 11.8 Å². The summed E-state index contributed by atoms with van der Waals surface area (Å²) in [6, 6.07) is -0.468. The van der Waals surface area contributed by atoms with Crippen molar-refractivity contribution in [3.63, 3.8) is 0 Å². The number of halogens is 3. The molecule has 2 saturated heterocycles. The number of alkyl halides is 2. The van der Waals surface area contributed by atoms with Crippen molar-refractivity contribution in [3.05, 3.63) is 25.3 Å². The molecule has 2 fully saturated rings. The van der Waals surface area contributed by atoms with Gasteiger partial charge in [0.05, 0.1) is 30.9 Å². The van der Waals surface area contributed by atoms with E-state index in [9.17, 15) is 19.2 Å². The summed E-state index contributed by atoms with van der Waals surface area (Å²) in [5.41, 5.74) is 0. The molecule has 6 atom stereocenters. The van der Waals surface area contributed by atoms with E-state index in [4.69, 9.17) is 4.74 Å². The zero-order valence-corrected chi connectivity index (χ0v) is 24.2. The molecule has 1 amide bonds. The van der Waals surface area contributed by atoms with Gasteiger partial charge in [0, 0.05) is 6.04 Å². The summed E-state index contributed by atoms with van der Waals surface area (Å²) in [7, 11) is 2.75. The maximum atomic E-state index is 11.8. The Morgan fingerprint density at radius 2 is 1.52 bits per heavy atom. The van der Waals surface area contributed by atoms with E-state index in [1.54, 1.807) is 11.0 Å². The molecule has 2 aliphatic heterocycles. The van der Waals surface area contributed by atoms with Crippen LogP contribution in [0.1, 0.15) is 26.7 Å². The van der Waals surface area contributed by atoms with Gasteiger partial charge in [-0.2, -0.15) is 0 Å². The third-order valence-corrected chi connectivity index (χ3v) is 7.43. The van der Waals surface area contributed by atoms with Gasteiger partial charge in [-0.1, -0.05) is 57.9 Å². The van der Waals surface area contributed by atoms with Gasteiger partial charge in [0.2, 0.25) is 10.6 Å². The number of nitrogens with zero attached hydrogens (tertiary/aromatic N) is 1. The molecule has 188 valence electrons. The van der Waals surface area contributed by atoms with Gasteiger partial charge in [-0.15, -0.1) is 13.2 Å². The minimum absolute atomic E-state index is 0.0162. The van der Waals surface area contributed by atoms with Gasteiger partial charge in [0.1, 0.15) is 12.1 Å². The van der Waals surface area contributed by atoms with Crippen LogP contribution in [0.15, 0.2) is 25.3 Å². The van der Waals surface area contributed by atoms with E-state index in [1.165, 1.54) is 14.2 Å². The number of hydrogen-bond acceptors (Lipinski definition) is 7. The zero-order chi connectivity index (χ0) is 25.7. The first-order valence-electron chi connectivity index (χ1n) is 10.3. The van der Waals surface area contributed by atoms with Crippen LogP contribution in [0.4, 0.5) is 0 Å². The predicted molar refractivity (Wildman–Crippen MR) is 139 cm³/mol. The van der Waals surface area contributed by atoms with E-state index in [2.05, 4.69) is 77.9 Å². The molecule has 2 rings (SSSR count). The first kappa shape index (κ1) is 32.0. The lowest BCUT2D eigenvalue weighted by molar-refractivity contribution is -0.150. The van der Waals surface area contributed by atoms with Crippen molar-refractivity contribution in [3.8, 4) is 0 Å². The Hall–Kier alpha value is -1.04. The second-order valence-electron chi connectivity index (χ2n) is 7.62. The molecule has 11 heteroatoms. The van der Waals surface area contributed by atoms with Crippen LogP contribution in [0.2, 0.25) is 0 Å². The summed E-state index contributed by atoms with van der Waals surface area (Å²) >= 11 is 8.73. The highest BCUT2D eigenvalue weighted by atomic mass is 79.9. The number of hydrogen-bond donors (Lipinski definition) is 1. The summed E-state index contributed by atoms with van der Waals surface area (Å²) in [6.07, 6.45) is 5.02. The molecule has 2 heterocycles. The number of rotatable bonds is 6. The summed E-state index contributed by atoms with van der Waals surface area (Å²) in [6.45, 7) is 11.5. The molecule has 0 saturated carbocycles. The molecule has 0 radical (unpaired) electrons. The number of amides is 1. The van der Waals surface area contributed by atoms with Crippen molar-refractivity contribution in [2.75, 3.05) is 24.9 Å². The Kier molecular flexibility index (Phi) is 16.0. The summed E-state index contributed by atoms with van der Waals surface area (Å²) in [4.78, 5) is 45.7. The Labute approximate surface area is 221 Å². The topological polar surface area (TPSA) is 102 Å². The van der Waals surface area contributed by atoms with Crippen molar-refractivity contribution in [2.45, 2.75) is 50.9 Å². The second kappa shape index (κ2) is 16.6. The molecule has 0 aromatic carbocycles. The van der Waals surface area contributed by atoms with Crippen molar-refractivity contribution >= 4 is 70.3 Å². The van der Waals surface area contributed by atoms with Gasteiger partial charge >= 0.3 is 11.9 Å². The van der Waals surface area contributed by atoms with E-state index in [0.717, 1.165) is 6.42 Å². The van der Waals surface area contributed by atoms with Gasteiger partial charge in [-0.05, 0) is 40.6 Å². The summed E-state index contributed by atoms with van der Waals surface area (Å²) in [5, 5.41) is 3.75. The Balaban J connectivity index is 0.000000530. The molecular weight excluding hydrogens is 628 g/mol. The molecule has 2 aliphatic rings. The number of esters is 2. The number of ether oxygens (including phenoxy) is 2. The molecule has 0 aromatic rings. The third-order valence-electron chi connectivity index (χ3n) is 5.41. The fraction of sp³-hybridized carbons (Fsp3) is 0.636. The fourth-order valence-corrected chi connectivity index (χ4v) is 4.07. The van der Waals surface area contributed by atoms with Gasteiger partial charge in [-0.25, -0.2) is 4.79 Å². The lowest BCUT2D eigenvalue weighted by atomic mass is 10.0. The number of carbonyl (C=O) groups is 4. The predicted octanol–water partition coefficient (Wildman–Crippen LogP) is 3.36. The van der Waals surface area contributed by atoms with Gasteiger partial charge < -0.3 is 14.4 Å². The molecule has 0 bridgehead atoms. The Morgan fingerprint density at radius 3 is 1.88 bits per heavy atom. The van der Waals surface area contributed by atoms with Crippen LogP contribution in [0.3, 0.4) is 0 Å². The van der Waals surface area contributed by atoms with Crippen molar-refractivity contribution < 1.29 is 28.7 Å². The molecule has 0 spiro atoms.